The van der Waals surface area contributed by atoms with Gasteiger partial charge < -0.3 is 10.0 Å². The van der Waals surface area contributed by atoms with E-state index < -0.39 is 5.97 Å². The van der Waals surface area contributed by atoms with Crippen molar-refractivity contribution in [2.75, 3.05) is 13.1 Å². The highest BCUT2D eigenvalue weighted by atomic mass is 16.4. The van der Waals surface area contributed by atoms with E-state index in [1.807, 2.05) is 36.9 Å². The van der Waals surface area contributed by atoms with Gasteiger partial charge in [-0.05, 0) is 50.2 Å². The quantitative estimate of drug-likeness (QED) is 0.927. The van der Waals surface area contributed by atoms with Crippen LogP contribution in [0.3, 0.4) is 0 Å². The molecule has 1 fully saturated rings. The van der Waals surface area contributed by atoms with Crippen LogP contribution in [0, 0.1) is 19.8 Å². The van der Waals surface area contributed by atoms with Crippen LogP contribution in [0.2, 0.25) is 0 Å². The zero-order valence-electron chi connectivity index (χ0n) is 12.8. The highest BCUT2D eigenvalue weighted by Crippen LogP contribution is 2.24. The second-order valence-corrected chi connectivity index (χ2v) is 5.96. The lowest BCUT2D eigenvalue weighted by Gasteiger charge is -2.33. The maximum Gasteiger partial charge on any atom is 0.303 e. The minimum absolute atomic E-state index is 0.0885. The fourth-order valence-corrected chi connectivity index (χ4v) is 3.12. The molecule has 4 heteroatoms. The fraction of sp³-hybridized carbons (Fsp3) is 0.529. The van der Waals surface area contributed by atoms with Gasteiger partial charge in [0, 0.05) is 25.1 Å². The average Bonchev–Trinajstić information content (AvgIpc) is 2.45. The van der Waals surface area contributed by atoms with Crippen LogP contribution < -0.4 is 0 Å². The van der Waals surface area contributed by atoms with Gasteiger partial charge in [0.25, 0.3) is 5.91 Å². The second kappa shape index (κ2) is 6.74. The van der Waals surface area contributed by atoms with Crippen LogP contribution in [0.15, 0.2) is 18.2 Å². The van der Waals surface area contributed by atoms with Crippen molar-refractivity contribution in [3.63, 3.8) is 0 Å². The number of aliphatic carboxylic acids is 1. The number of benzene rings is 1. The lowest BCUT2D eigenvalue weighted by atomic mass is 9.92. The average molecular weight is 289 g/mol. The van der Waals surface area contributed by atoms with Gasteiger partial charge in [-0.3, -0.25) is 9.59 Å². The molecule has 0 radical (unpaired) electrons. The Morgan fingerprint density at radius 1 is 1.29 bits per heavy atom. The Kier molecular flexibility index (Phi) is 4.99. The van der Waals surface area contributed by atoms with Crippen molar-refractivity contribution in [3.05, 3.63) is 34.9 Å². The number of piperidine rings is 1. The molecule has 21 heavy (non-hydrogen) atoms. The van der Waals surface area contributed by atoms with Crippen LogP contribution in [-0.4, -0.2) is 35.0 Å². The highest BCUT2D eigenvalue weighted by molar-refractivity contribution is 5.97. The minimum Gasteiger partial charge on any atom is -0.481 e. The van der Waals surface area contributed by atoms with Gasteiger partial charge >= 0.3 is 5.97 Å². The van der Waals surface area contributed by atoms with Crippen molar-refractivity contribution in [1.82, 2.24) is 4.90 Å². The van der Waals surface area contributed by atoms with E-state index in [-0.39, 0.29) is 12.3 Å². The Balaban J connectivity index is 2.07. The molecule has 2 rings (SSSR count). The molecule has 1 aromatic rings. The van der Waals surface area contributed by atoms with E-state index in [1.54, 1.807) is 0 Å². The number of hydrogen-bond acceptors (Lipinski definition) is 2. The standard InChI is InChI=1S/C17H23NO3/c1-12-5-3-6-13(2)16(12)17(21)18-10-4-7-14(11-18)8-9-15(19)20/h3,5-6,14H,4,7-11H2,1-2H3,(H,19,20). The molecule has 1 atom stereocenters. The predicted octanol–water partition coefficient (Wildman–Crippen LogP) is 3.02. The van der Waals surface area contributed by atoms with E-state index in [1.165, 1.54) is 0 Å². The first-order valence-corrected chi connectivity index (χ1v) is 7.56. The molecule has 1 unspecified atom stereocenters. The van der Waals surface area contributed by atoms with Crippen molar-refractivity contribution in [1.29, 1.82) is 0 Å². The molecular formula is C17H23NO3. The molecule has 0 bridgehead atoms. The van der Waals surface area contributed by atoms with Crippen molar-refractivity contribution in [2.45, 2.75) is 39.5 Å². The molecule has 1 aliphatic heterocycles. The zero-order valence-corrected chi connectivity index (χ0v) is 12.8. The number of carbonyl (C=O) groups is 2. The number of carboxylic acid groups (broad SMARTS) is 1. The molecule has 4 nitrogen and oxygen atoms in total. The van der Waals surface area contributed by atoms with Crippen molar-refractivity contribution in [2.24, 2.45) is 5.92 Å². The Morgan fingerprint density at radius 3 is 2.57 bits per heavy atom. The number of aryl methyl sites for hydroxylation is 2. The summed E-state index contributed by atoms with van der Waals surface area (Å²) in [6, 6.07) is 5.89. The molecule has 1 aromatic carbocycles. The molecule has 1 N–H and O–H groups in total. The second-order valence-electron chi connectivity index (χ2n) is 5.96. The molecule has 0 aliphatic carbocycles. The van der Waals surface area contributed by atoms with Crippen molar-refractivity contribution >= 4 is 11.9 Å². The molecule has 1 saturated heterocycles. The first-order chi connectivity index (χ1) is 9.99. The van der Waals surface area contributed by atoms with Crippen molar-refractivity contribution in [3.8, 4) is 0 Å². The molecule has 1 amide bonds. The smallest absolute Gasteiger partial charge is 0.303 e. The summed E-state index contributed by atoms with van der Waals surface area (Å²) in [5.41, 5.74) is 2.82. The maximum absolute atomic E-state index is 12.7. The first-order valence-electron chi connectivity index (χ1n) is 7.56. The monoisotopic (exact) mass is 289 g/mol. The summed E-state index contributed by atoms with van der Waals surface area (Å²) in [4.78, 5) is 25.3. The van der Waals surface area contributed by atoms with Gasteiger partial charge in [-0.25, -0.2) is 0 Å². The minimum atomic E-state index is -0.756. The van der Waals surface area contributed by atoms with E-state index in [0.29, 0.717) is 18.9 Å². The molecule has 0 aromatic heterocycles. The summed E-state index contributed by atoms with van der Waals surface area (Å²) in [6.07, 6.45) is 2.83. The van der Waals surface area contributed by atoms with Gasteiger partial charge in [0.05, 0.1) is 0 Å². The number of rotatable bonds is 4. The molecule has 1 heterocycles. The summed E-state index contributed by atoms with van der Waals surface area (Å²) in [6.45, 7) is 5.38. The van der Waals surface area contributed by atoms with Gasteiger partial charge in [-0.15, -0.1) is 0 Å². The van der Waals surface area contributed by atoms with Gasteiger partial charge in [-0.2, -0.15) is 0 Å². The Hall–Kier alpha value is -1.84. The van der Waals surface area contributed by atoms with E-state index in [0.717, 1.165) is 36.1 Å². The number of carboxylic acids is 1. The molecular weight excluding hydrogens is 266 g/mol. The number of likely N-dealkylation sites (tertiary alicyclic amines) is 1. The summed E-state index contributed by atoms with van der Waals surface area (Å²) in [5.74, 6) is -0.359. The fourth-order valence-electron chi connectivity index (χ4n) is 3.12. The maximum atomic E-state index is 12.7. The summed E-state index contributed by atoms with van der Waals surface area (Å²) >= 11 is 0. The van der Waals surface area contributed by atoms with E-state index in [4.69, 9.17) is 5.11 Å². The predicted molar refractivity (Wildman–Crippen MR) is 81.4 cm³/mol. The van der Waals surface area contributed by atoms with E-state index in [2.05, 4.69) is 0 Å². The first kappa shape index (κ1) is 15.5. The normalized spacial score (nSPS) is 18.6. The van der Waals surface area contributed by atoms with Gasteiger partial charge in [0.15, 0.2) is 0 Å². The SMILES string of the molecule is Cc1cccc(C)c1C(=O)N1CCCC(CCC(=O)O)C1. The third kappa shape index (κ3) is 3.84. The van der Waals surface area contributed by atoms with Crippen LogP contribution in [0.5, 0.6) is 0 Å². The van der Waals surface area contributed by atoms with Gasteiger partial charge in [-0.1, -0.05) is 18.2 Å². The third-order valence-corrected chi connectivity index (χ3v) is 4.27. The Morgan fingerprint density at radius 2 is 1.95 bits per heavy atom. The Bertz CT molecular complexity index is 519. The lowest BCUT2D eigenvalue weighted by Crippen LogP contribution is -2.40. The number of hydrogen-bond donors (Lipinski definition) is 1. The van der Waals surface area contributed by atoms with Gasteiger partial charge in [0.2, 0.25) is 0 Å². The highest BCUT2D eigenvalue weighted by Gasteiger charge is 2.26. The Labute approximate surface area is 125 Å². The van der Waals surface area contributed by atoms with Crippen molar-refractivity contribution < 1.29 is 14.7 Å². The van der Waals surface area contributed by atoms with Crippen LogP contribution in [-0.2, 0) is 4.79 Å². The zero-order chi connectivity index (χ0) is 15.4. The van der Waals surface area contributed by atoms with Crippen LogP contribution in [0.4, 0.5) is 0 Å². The largest absolute Gasteiger partial charge is 0.481 e. The molecule has 1 aliphatic rings. The molecule has 0 saturated carbocycles. The van der Waals surface area contributed by atoms with Crippen LogP contribution in [0.25, 0.3) is 0 Å². The summed E-state index contributed by atoms with van der Waals surface area (Å²) in [5, 5.41) is 8.79. The summed E-state index contributed by atoms with van der Waals surface area (Å²) < 4.78 is 0. The van der Waals surface area contributed by atoms with Crippen LogP contribution in [0.1, 0.15) is 47.2 Å². The van der Waals surface area contributed by atoms with E-state index >= 15 is 0 Å². The number of amides is 1. The number of nitrogens with zero attached hydrogens (tertiary/aromatic N) is 1. The van der Waals surface area contributed by atoms with Gasteiger partial charge in [0.1, 0.15) is 0 Å². The molecule has 0 spiro atoms. The van der Waals surface area contributed by atoms with E-state index in [9.17, 15) is 9.59 Å². The van der Waals surface area contributed by atoms with Crippen LogP contribution >= 0.6 is 0 Å². The third-order valence-electron chi connectivity index (χ3n) is 4.27. The lowest BCUT2D eigenvalue weighted by molar-refractivity contribution is -0.137. The summed E-state index contributed by atoms with van der Waals surface area (Å²) in [7, 11) is 0. The molecule has 114 valence electrons. The topological polar surface area (TPSA) is 57.6 Å². The number of carbonyl (C=O) groups excluding carboxylic acids is 1.